The number of hydrogen-bond donors (Lipinski definition) is 1. The number of aromatic nitrogens is 1. The van der Waals surface area contributed by atoms with Crippen LogP contribution in [0.1, 0.15) is 30.5 Å². The summed E-state index contributed by atoms with van der Waals surface area (Å²) < 4.78 is 7.22. The summed E-state index contributed by atoms with van der Waals surface area (Å²) in [7, 11) is 0. The van der Waals surface area contributed by atoms with Crippen molar-refractivity contribution in [3.8, 4) is 10.8 Å². The molecule has 0 fully saturated rings. The summed E-state index contributed by atoms with van der Waals surface area (Å²) in [5, 5.41) is 4.32. The Bertz CT molecular complexity index is 531. The van der Waals surface area contributed by atoms with Gasteiger partial charge in [-0.3, -0.25) is 0 Å². The fourth-order valence-electron chi connectivity index (χ4n) is 1.77. The van der Waals surface area contributed by atoms with Crippen LogP contribution in [0.2, 0.25) is 0 Å². The van der Waals surface area contributed by atoms with Crippen LogP contribution in [0.3, 0.4) is 0 Å². The summed E-state index contributed by atoms with van der Waals surface area (Å²) in [6, 6.07) is 2.26. The number of furan rings is 1. The van der Waals surface area contributed by atoms with E-state index in [4.69, 9.17) is 4.42 Å². The van der Waals surface area contributed by atoms with Gasteiger partial charge in [-0.25, -0.2) is 4.98 Å². The Morgan fingerprint density at radius 3 is 2.78 bits per heavy atom. The van der Waals surface area contributed by atoms with Gasteiger partial charge in [0.1, 0.15) is 0 Å². The highest BCUT2D eigenvalue weighted by molar-refractivity contribution is 9.13. The van der Waals surface area contributed by atoms with Crippen LogP contribution in [0.15, 0.2) is 19.6 Å². The molecule has 1 N–H and O–H groups in total. The van der Waals surface area contributed by atoms with Crippen molar-refractivity contribution >= 4 is 43.2 Å². The largest absolute Gasteiger partial charge is 0.446 e. The molecule has 6 heteroatoms. The molecule has 0 aliphatic heterocycles. The van der Waals surface area contributed by atoms with E-state index in [0.29, 0.717) is 10.7 Å². The lowest BCUT2D eigenvalue weighted by Crippen LogP contribution is -2.17. The molecule has 0 saturated carbocycles. The topological polar surface area (TPSA) is 38.1 Å². The molecule has 2 aromatic heterocycles. The van der Waals surface area contributed by atoms with Gasteiger partial charge in [-0.05, 0) is 52.3 Å². The lowest BCUT2D eigenvalue weighted by atomic mass is 10.2. The molecule has 1 unspecified atom stereocenters. The highest BCUT2D eigenvalue weighted by Gasteiger charge is 2.17. The van der Waals surface area contributed by atoms with Gasteiger partial charge >= 0.3 is 0 Å². The lowest BCUT2D eigenvalue weighted by molar-refractivity contribution is 0.553. The van der Waals surface area contributed by atoms with E-state index < -0.39 is 0 Å². The van der Waals surface area contributed by atoms with Gasteiger partial charge in [0.25, 0.3) is 0 Å². The standard InChI is InChI=1S/C12H14Br2N2OS/c1-4-15-6(2)10-7(3)16-12(18-10)9-5-8(13)11(14)17-9/h5-6,15H,4H2,1-3H3. The Hall–Kier alpha value is -0.170. The molecule has 2 rings (SSSR count). The second-order valence-corrected chi connectivity index (χ2v) is 6.59. The van der Waals surface area contributed by atoms with Gasteiger partial charge in [-0.1, -0.05) is 6.92 Å². The van der Waals surface area contributed by atoms with Crippen molar-refractivity contribution in [3.63, 3.8) is 0 Å². The maximum Gasteiger partial charge on any atom is 0.184 e. The molecule has 0 aromatic carbocycles. The number of thiazole rings is 1. The second-order valence-electron chi connectivity index (χ2n) is 3.98. The molecule has 18 heavy (non-hydrogen) atoms. The molecule has 2 aromatic rings. The number of hydrogen-bond acceptors (Lipinski definition) is 4. The molecule has 0 saturated heterocycles. The van der Waals surface area contributed by atoms with Gasteiger partial charge in [-0.15, -0.1) is 11.3 Å². The molecule has 0 aliphatic carbocycles. The molecular weight excluding hydrogens is 380 g/mol. The summed E-state index contributed by atoms with van der Waals surface area (Å²) in [4.78, 5) is 5.84. The third-order valence-electron chi connectivity index (χ3n) is 2.59. The van der Waals surface area contributed by atoms with Crippen molar-refractivity contribution in [3.05, 3.63) is 25.8 Å². The average molecular weight is 394 g/mol. The van der Waals surface area contributed by atoms with Crippen LogP contribution in [0.25, 0.3) is 10.8 Å². The first-order valence-electron chi connectivity index (χ1n) is 5.68. The minimum absolute atomic E-state index is 0.322. The van der Waals surface area contributed by atoms with E-state index in [1.807, 2.05) is 13.0 Å². The quantitative estimate of drug-likeness (QED) is 0.801. The minimum atomic E-state index is 0.322. The monoisotopic (exact) mass is 392 g/mol. The fourth-order valence-corrected chi connectivity index (χ4v) is 3.39. The fraction of sp³-hybridized carbons (Fsp3) is 0.417. The average Bonchev–Trinajstić information content (AvgIpc) is 2.84. The molecule has 1 atom stereocenters. The molecule has 0 radical (unpaired) electrons. The lowest BCUT2D eigenvalue weighted by Gasteiger charge is -2.09. The Balaban J connectivity index is 2.33. The van der Waals surface area contributed by atoms with Crippen molar-refractivity contribution in [2.75, 3.05) is 6.54 Å². The number of rotatable bonds is 4. The smallest absolute Gasteiger partial charge is 0.184 e. The first-order valence-corrected chi connectivity index (χ1v) is 8.09. The third-order valence-corrected chi connectivity index (χ3v) is 5.66. The zero-order valence-corrected chi connectivity index (χ0v) is 14.4. The van der Waals surface area contributed by atoms with Crippen LogP contribution in [0.4, 0.5) is 0 Å². The van der Waals surface area contributed by atoms with Crippen molar-refractivity contribution in [2.45, 2.75) is 26.8 Å². The van der Waals surface area contributed by atoms with E-state index >= 15 is 0 Å². The Kier molecular flexibility index (Phi) is 4.64. The summed E-state index contributed by atoms with van der Waals surface area (Å²) in [6.07, 6.45) is 0. The maximum atomic E-state index is 5.61. The van der Waals surface area contributed by atoms with Gasteiger partial charge in [0, 0.05) is 17.0 Å². The predicted octanol–water partition coefficient (Wildman–Crippen LogP) is 4.91. The number of nitrogens with zero attached hydrogens (tertiary/aromatic N) is 1. The molecular formula is C12H14Br2N2OS. The zero-order chi connectivity index (χ0) is 13.3. The van der Waals surface area contributed by atoms with E-state index in [1.165, 1.54) is 4.88 Å². The first kappa shape index (κ1) is 14.2. The van der Waals surface area contributed by atoms with Crippen LogP contribution in [-0.4, -0.2) is 11.5 Å². The van der Waals surface area contributed by atoms with Crippen LogP contribution in [-0.2, 0) is 0 Å². The summed E-state index contributed by atoms with van der Waals surface area (Å²) >= 11 is 8.43. The van der Waals surface area contributed by atoms with Gasteiger partial charge in [0.05, 0.1) is 10.2 Å². The Labute approximate surface area is 127 Å². The number of aryl methyl sites for hydroxylation is 1. The van der Waals surface area contributed by atoms with Crippen molar-refractivity contribution in [1.29, 1.82) is 0 Å². The molecule has 0 bridgehead atoms. The second kappa shape index (κ2) is 5.86. The highest BCUT2D eigenvalue weighted by Crippen LogP contribution is 2.37. The molecule has 3 nitrogen and oxygen atoms in total. The van der Waals surface area contributed by atoms with Crippen molar-refractivity contribution < 1.29 is 4.42 Å². The minimum Gasteiger partial charge on any atom is -0.446 e. The molecule has 0 aliphatic rings. The number of halogens is 2. The van der Waals surface area contributed by atoms with Crippen LogP contribution >= 0.6 is 43.2 Å². The van der Waals surface area contributed by atoms with E-state index in [0.717, 1.165) is 27.5 Å². The Morgan fingerprint density at radius 1 is 1.50 bits per heavy atom. The van der Waals surface area contributed by atoms with E-state index in [1.54, 1.807) is 11.3 Å². The van der Waals surface area contributed by atoms with Crippen molar-refractivity contribution in [1.82, 2.24) is 10.3 Å². The molecule has 0 amide bonds. The molecule has 2 heterocycles. The normalized spacial score (nSPS) is 12.9. The SMILES string of the molecule is CCNC(C)c1sc(-c2cc(Br)c(Br)o2)nc1C. The predicted molar refractivity (Wildman–Crippen MR) is 82.0 cm³/mol. The van der Waals surface area contributed by atoms with E-state index in [2.05, 4.69) is 56.0 Å². The summed E-state index contributed by atoms with van der Waals surface area (Å²) in [5.41, 5.74) is 1.06. The van der Waals surface area contributed by atoms with E-state index in [-0.39, 0.29) is 0 Å². The maximum absolute atomic E-state index is 5.61. The third kappa shape index (κ3) is 2.87. The summed E-state index contributed by atoms with van der Waals surface area (Å²) in [6.45, 7) is 7.25. The Morgan fingerprint density at radius 2 is 2.22 bits per heavy atom. The van der Waals surface area contributed by atoms with Crippen LogP contribution in [0, 0.1) is 6.92 Å². The van der Waals surface area contributed by atoms with Crippen LogP contribution in [0.5, 0.6) is 0 Å². The van der Waals surface area contributed by atoms with Crippen molar-refractivity contribution in [2.24, 2.45) is 0 Å². The summed E-state index contributed by atoms with van der Waals surface area (Å²) in [5.74, 6) is 0.789. The van der Waals surface area contributed by atoms with E-state index in [9.17, 15) is 0 Å². The van der Waals surface area contributed by atoms with Gasteiger partial charge in [0.15, 0.2) is 15.4 Å². The van der Waals surface area contributed by atoms with Gasteiger partial charge in [0.2, 0.25) is 0 Å². The highest BCUT2D eigenvalue weighted by atomic mass is 79.9. The molecule has 98 valence electrons. The molecule has 0 spiro atoms. The van der Waals surface area contributed by atoms with Gasteiger partial charge in [-0.2, -0.15) is 0 Å². The van der Waals surface area contributed by atoms with Crippen LogP contribution < -0.4 is 5.32 Å². The first-order chi connectivity index (χ1) is 8.52. The zero-order valence-electron chi connectivity index (χ0n) is 10.4. The number of nitrogens with one attached hydrogen (secondary N) is 1. The van der Waals surface area contributed by atoms with Gasteiger partial charge < -0.3 is 9.73 Å².